The van der Waals surface area contributed by atoms with Crippen LogP contribution in [0.3, 0.4) is 0 Å². The van der Waals surface area contributed by atoms with E-state index in [0.29, 0.717) is 0 Å². The third-order valence-electron chi connectivity index (χ3n) is 4.66. The second-order valence-electron chi connectivity index (χ2n) is 6.98. The van der Waals surface area contributed by atoms with Crippen LogP contribution in [0.25, 0.3) is 6.08 Å². The molecule has 0 bridgehead atoms. The summed E-state index contributed by atoms with van der Waals surface area (Å²) < 4.78 is 10.5. The van der Waals surface area contributed by atoms with E-state index >= 15 is 0 Å². The Bertz CT molecular complexity index is 573. The molecule has 0 radical (unpaired) electrons. The Hall–Kier alpha value is -1.44. The van der Waals surface area contributed by atoms with Crippen molar-refractivity contribution in [2.45, 2.75) is 30.7 Å². The molecule has 1 aromatic rings. The maximum absolute atomic E-state index is 9.77. The van der Waals surface area contributed by atoms with E-state index in [1.54, 1.807) is 6.08 Å². The molecule has 0 aromatic heterocycles. The minimum atomic E-state index is -1.42. The van der Waals surface area contributed by atoms with Gasteiger partial charge in [-0.05, 0) is 5.56 Å². The molecule has 8 N–H and O–H groups in total. The maximum atomic E-state index is 9.77. The first-order valence-electron chi connectivity index (χ1n) is 9.45. The van der Waals surface area contributed by atoms with Gasteiger partial charge in [0.1, 0.15) is 24.4 Å². The summed E-state index contributed by atoms with van der Waals surface area (Å²) in [7, 11) is 0. The molecular formula is C20H32O10. The highest BCUT2D eigenvalue weighted by molar-refractivity contribution is 5.48. The summed E-state index contributed by atoms with van der Waals surface area (Å²) in [4.78, 5) is 0. The van der Waals surface area contributed by atoms with Gasteiger partial charge in [-0.3, -0.25) is 0 Å². The first kappa shape index (κ1) is 26.6. The molecule has 1 aliphatic rings. The Labute approximate surface area is 174 Å². The molecule has 30 heavy (non-hydrogen) atoms. The second-order valence-corrected chi connectivity index (χ2v) is 6.98. The molecule has 10 nitrogen and oxygen atoms in total. The second kappa shape index (κ2) is 13.8. The fourth-order valence-electron chi connectivity index (χ4n) is 2.40. The lowest BCUT2D eigenvalue weighted by molar-refractivity contribution is -0.298. The molecule has 10 heteroatoms. The molecule has 0 amide bonds. The highest BCUT2D eigenvalue weighted by atomic mass is 16.7. The highest BCUT2D eigenvalue weighted by Crippen LogP contribution is 2.21. The number of ether oxygens (including phenoxy) is 2. The predicted molar refractivity (Wildman–Crippen MR) is 106 cm³/mol. The van der Waals surface area contributed by atoms with E-state index in [0.717, 1.165) is 5.56 Å². The zero-order chi connectivity index (χ0) is 22.6. The monoisotopic (exact) mass is 432 g/mol. The summed E-state index contributed by atoms with van der Waals surface area (Å²) in [5.41, 5.74) is -0.102. The lowest BCUT2D eigenvalue weighted by Crippen LogP contribution is -2.59. The number of rotatable bonds is 9. The van der Waals surface area contributed by atoms with Gasteiger partial charge in [0.25, 0.3) is 0 Å². The maximum Gasteiger partial charge on any atom is 0.187 e. The van der Waals surface area contributed by atoms with E-state index in [1.165, 1.54) is 0 Å². The summed E-state index contributed by atoms with van der Waals surface area (Å²) >= 11 is 0. The minimum absolute atomic E-state index is 0.164. The fraction of sp³-hybridized carbons (Fsp3) is 0.600. The number of benzene rings is 1. The Morgan fingerprint density at radius 1 is 0.833 bits per heavy atom. The molecule has 2 rings (SSSR count). The van der Waals surface area contributed by atoms with Crippen LogP contribution in [-0.4, -0.2) is 111 Å². The van der Waals surface area contributed by atoms with Crippen molar-refractivity contribution in [2.75, 3.05) is 39.6 Å². The zero-order valence-corrected chi connectivity index (χ0v) is 16.6. The molecule has 1 saturated heterocycles. The van der Waals surface area contributed by atoms with Crippen LogP contribution in [0, 0.1) is 5.41 Å². The number of hydrogen-bond donors (Lipinski definition) is 8. The first-order chi connectivity index (χ1) is 14.4. The zero-order valence-electron chi connectivity index (χ0n) is 16.6. The average Bonchev–Trinajstić information content (AvgIpc) is 2.79. The van der Waals surface area contributed by atoms with Crippen LogP contribution in [0.5, 0.6) is 0 Å². The van der Waals surface area contributed by atoms with Crippen LogP contribution in [0.4, 0.5) is 0 Å². The van der Waals surface area contributed by atoms with Gasteiger partial charge < -0.3 is 50.3 Å². The minimum Gasteiger partial charge on any atom is -0.396 e. The molecule has 0 aliphatic carbocycles. The van der Waals surface area contributed by atoms with Crippen molar-refractivity contribution in [1.29, 1.82) is 0 Å². The Morgan fingerprint density at radius 2 is 1.40 bits per heavy atom. The normalized spacial score (nSPS) is 27.0. The lowest BCUT2D eigenvalue weighted by Gasteiger charge is -2.39. The largest absolute Gasteiger partial charge is 0.396 e. The van der Waals surface area contributed by atoms with Gasteiger partial charge in [0.2, 0.25) is 0 Å². The molecule has 5 atom stereocenters. The van der Waals surface area contributed by atoms with Crippen molar-refractivity contribution in [3.8, 4) is 0 Å². The number of aliphatic hydroxyl groups is 8. The van der Waals surface area contributed by atoms with E-state index in [4.69, 9.17) is 35.0 Å². The van der Waals surface area contributed by atoms with Crippen molar-refractivity contribution < 1.29 is 50.3 Å². The molecule has 0 saturated carbocycles. The fourth-order valence-corrected chi connectivity index (χ4v) is 2.40. The molecule has 0 unspecified atom stereocenters. The van der Waals surface area contributed by atoms with Crippen LogP contribution >= 0.6 is 0 Å². The van der Waals surface area contributed by atoms with Crippen LogP contribution in [0.15, 0.2) is 36.4 Å². The summed E-state index contributed by atoms with van der Waals surface area (Å²) in [5.74, 6) is 0. The molecule has 1 heterocycles. The van der Waals surface area contributed by atoms with Crippen molar-refractivity contribution in [3.05, 3.63) is 42.0 Å². The molecule has 1 aliphatic heterocycles. The SMILES string of the molecule is OCC(CO)(CO)CO.OC[C@H]1O[C@@H](OC/C=C/c2ccccc2)[C@H](O)[C@@H](O)[C@@H]1O. The van der Waals surface area contributed by atoms with Crippen molar-refractivity contribution >= 4 is 6.08 Å². The van der Waals surface area contributed by atoms with E-state index in [1.807, 2.05) is 36.4 Å². The highest BCUT2D eigenvalue weighted by Gasteiger charge is 2.43. The molecule has 172 valence electrons. The number of aliphatic hydroxyl groups excluding tert-OH is 8. The van der Waals surface area contributed by atoms with Gasteiger partial charge in [-0.25, -0.2) is 0 Å². The molecule has 1 aromatic carbocycles. The smallest absolute Gasteiger partial charge is 0.187 e. The van der Waals surface area contributed by atoms with Crippen LogP contribution in [0.2, 0.25) is 0 Å². The topological polar surface area (TPSA) is 180 Å². The van der Waals surface area contributed by atoms with Crippen LogP contribution in [-0.2, 0) is 9.47 Å². The van der Waals surface area contributed by atoms with Crippen molar-refractivity contribution in [2.24, 2.45) is 5.41 Å². The van der Waals surface area contributed by atoms with Gasteiger partial charge in [-0.1, -0.05) is 42.5 Å². The van der Waals surface area contributed by atoms with Gasteiger partial charge in [0.15, 0.2) is 6.29 Å². The van der Waals surface area contributed by atoms with Crippen LogP contribution in [0.1, 0.15) is 5.56 Å². The summed E-state index contributed by atoms with van der Waals surface area (Å²) in [5, 5.41) is 72.1. The third kappa shape index (κ3) is 7.67. The summed E-state index contributed by atoms with van der Waals surface area (Å²) in [6, 6.07) is 9.62. The van der Waals surface area contributed by atoms with E-state index < -0.39 is 69.2 Å². The van der Waals surface area contributed by atoms with Gasteiger partial charge in [-0.2, -0.15) is 0 Å². The van der Waals surface area contributed by atoms with Crippen molar-refractivity contribution in [3.63, 3.8) is 0 Å². The quantitative estimate of drug-likeness (QED) is 0.207. The van der Waals surface area contributed by atoms with Gasteiger partial charge in [0.05, 0.1) is 45.1 Å². The van der Waals surface area contributed by atoms with Gasteiger partial charge in [0, 0.05) is 0 Å². The Morgan fingerprint density at radius 3 is 1.87 bits per heavy atom. The Balaban J connectivity index is 0.000000424. The van der Waals surface area contributed by atoms with E-state index in [2.05, 4.69) is 0 Å². The molecular weight excluding hydrogens is 400 g/mol. The first-order valence-corrected chi connectivity index (χ1v) is 9.45. The lowest BCUT2D eigenvalue weighted by atomic mass is 9.93. The summed E-state index contributed by atoms with van der Waals surface area (Å²) in [6.45, 7) is -1.93. The van der Waals surface area contributed by atoms with E-state index in [9.17, 15) is 15.3 Å². The molecule has 1 fully saturated rings. The molecule has 0 spiro atoms. The van der Waals surface area contributed by atoms with Gasteiger partial charge in [-0.15, -0.1) is 0 Å². The van der Waals surface area contributed by atoms with E-state index in [-0.39, 0.29) is 6.61 Å². The van der Waals surface area contributed by atoms with Gasteiger partial charge >= 0.3 is 0 Å². The standard InChI is InChI=1S/C15H20O6.C5H12O4/c16-9-11-12(17)13(18)14(19)15(21-11)20-8-4-7-10-5-2-1-3-6-10;6-1-5(2-7,3-8)4-9/h1-7,11-19H,8-9H2;6-9H,1-4H2/b7-4+;/t11-,12-,13+,14-,15-;/m1./s1. The average molecular weight is 432 g/mol. The summed E-state index contributed by atoms with van der Waals surface area (Å²) in [6.07, 6.45) is -2.61. The van der Waals surface area contributed by atoms with Crippen LogP contribution < -0.4 is 0 Å². The predicted octanol–water partition coefficient (Wildman–Crippen LogP) is -2.54. The Kier molecular flexibility index (Phi) is 12.2. The number of hydrogen-bond acceptors (Lipinski definition) is 10. The van der Waals surface area contributed by atoms with Crippen molar-refractivity contribution in [1.82, 2.24) is 0 Å². The third-order valence-corrected chi connectivity index (χ3v) is 4.66.